The maximum atomic E-state index is 10.9. The lowest BCUT2D eigenvalue weighted by Crippen LogP contribution is -2.11. The zero-order valence-electron chi connectivity index (χ0n) is 8.84. The van der Waals surface area contributed by atoms with Gasteiger partial charge in [0.1, 0.15) is 0 Å². The summed E-state index contributed by atoms with van der Waals surface area (Å²) in [5.74, 6) is -0.856. The summed E-state index contributed by atoms with van der Waals surface area (Å²) in [5, 5.41) is 0. The summed E-state index contributed by atoms with van der Waals surface area (Å²) in [7, 11) is 1.32. The van der Waals surface area contributed by atoms with Crippen LogP contribution in [-0.2, 0) is 9.53 Å². The summed E-state index contributed by atoms with van der Waals surface area (Å²) in [4.78, 5) is 25.5. The second kappa shape index (κ2) is 5.65. The van der Waals surface area contributed by atoms with E-state index >= 15 is 0 Å². The van der Waals surface area contributed by atoms with Crippen LogP contribution in [0.5, 0.6) is 0 Å². The maximum Gasteiger partial charge on any atom is 0.309 e. The number of amides is 1. The molecule has 0 atom stereocenters. The molecule has 0 spiro atoms. The summed E-state index contributed by atoms with van der Waals surface area (Å²) in [6.45, 7) is 0. The number of methoxy groups -OCH3 is 1. The fourth-order valence-electron chi connectivity index (χ4n) is 1.06. The van der Waals surface area contributed by atoms with Crippen LogP contribution in [-0.4, -0.2) is 24.0 Å². The second-order valence-electron chi connectivity index (χ2n) is 3.05. The first kappa shape index (κ1) is 11.9. The summed E-state index contributed by atoms with van der Waals surface area (Å²) in [6, 6.07) is 1.60. The van der Waals surface area contributed by atoms with Crippen LogP contribution >= 0.6 is 0 Å². The summed E-state index contributed by atoms with van der Waals surface area (Å²) < 4.78 is 4.47. The van der Waals surface area contributed by atoms with Gasteiger partial charge in [-0.05, 0) is 11.6 Å². The van der Waals surface area contributed by atoms with E-state index in [1.54, 1.807) is 24.4 Å². The fourth-order valence-corrected chi connectivity index (χ4v) is 1.06. The molecule has 0 unspecified atom stereocenters. The smallest absolute Gasteiger partial charge is 0.309 e. The summed E-state index contributed by atoms with van der Waals surface area (Å²) >= 11 is 0. The largest absolute Gasteiger partial charge is 0.469 e. The Kier molecular flexibility index (Phi) is 4.20. The van der Waals surface area contributed by atoms with Crippen molar-refractivity contribution in [1.82, 2.24) is 4.98 Å². The number of rotatable bonds is 4. The van der Waals surface area contributed by atoms with E-state index in [0.29, 0.717) is 11.1 Å². The number of ether oxygens (including phenoxy) is 1. The van der Waals surface area contributed by atoms with Crippen LogP contribution in [0.2, 0.25) is 0 Å². The number of nitrogens with two attached hydrogens (primary N) is 1. The van der Waals surface area contributed by atoms with Gasteiger partial charge in [0, 0.05) is 12.4 Å². The zero-order valence-corrected chi connectivity index (χ0v) is 8.84. The predicted octanol–water partition coefficient (Wildman–Crippen LogP) is 0.757. The van der Waals surface area contributed by atoms with E-state index in [2.05, 4.69) is 9.72 Å². The Morgan fingerprint density at radius 3 is 2.88 bits per heavy atom. The third-order valence-electron chi connectivity index (χ3n) is 1.87. The highest BCUT2D eigenvalue weighted by molar-refractivity contribution is 5.92. The predicted molar refractivity (Wildman–Crippen MR) is 58.4 cm³/mol. The van der Waals surface area contributed by atoms with Gasteiger partial charge in [-0.15, -0.1) is 0 Å². The fraction of sp³-hybridized carbons (Fsp3) is 0.182. The highest BCUT2D eigenvalue weighted by atomic mass is 16.5. The van der Waals surface area contributed by atoms with Gasteiger partial charge in [-0.1, -0.05) is 12.2 Å². The number of aromatic nitrogens is 1. The zero-order chi connectivity index (χ0) is 12.0. The average molecular weight is 220 g/mol. The van der Waals surface area contributed by atoms with E-state index in [0.717, 1.165) is 0 Å². The number of carbonyl (C=O) groups is 2. The molecule has 2 N–H and O–H groups in total. The van der Waals surface area contributed by atoms with Crippen molar-refractivity contribution in [3.05, 3.63) is 35.7 Å². The highest BCUT2D eigenvalue weighted by Gasteiger charge is 2.00. The normalized spacial score (nSPS) is 10.3. The third kappa shape index (κ3) is 3.53. The van der Waals surface area contributed by atoms with E-state index in [1.807, 2.05) is 0 Å². The molecule has 0 saturated heterocycles. The first-order chi connectivity index (χ1) is 7.63. The van der Waals surface area contributed by atoms with Crippen molar-refractivity contribution in [3.8, 4) is 0 Å². The SMILES string of the molecule is COC(=O)CC=Cc1cncc(C(N)=O)c1. The Morgan fingerprint density at radius 1 is 1.50 bits per heavy atom. The first-order valence-corrected chi connectivity index (χ1v) is 4.61. The Hall–Kier alpha value is -2.17. The van der Waals surface area contributed by atoms with Gasteiger partial charge in [0.2, 0.25) is 5.91 Å². The molecule has 0 aliphatic rings. The van der Waals surface area contributed by atoms with E-state index < -0.39 is 5.91 Å². The number of nitrogens with zero attached hydrogens (tertiary/aromatic N) is 1. The second-order valence-corrected chi connectivity index (χ2v) is 3.05. The molecule has 0 aliphatic carbocycles. The molecular formula is C11H12N2O3. The van der Waals surface area contributed by atoms with Crippen molar-refractivity contribution < 1.29 is 14.3 Å². The molecule has 0 aromatic carbocycles. The highest BCUT2D eigenvalue weighted by Crippen LogP contribution is 2.05. The van der Waals surface area contributed by atoms with E-state index in [-0.39, 0.29) is 12.4 Å². The van der Waals surface area contributed by atoms with Crippen LogP contribution < -0.4 is 5.73 Å². The molecule has 1 amide bonds. The van der Waals surface area contributed by atoms with Crippen molar-refractivity contribution >= 4 is 18.0 Å². The Balaban J connectivity index is 2.70. The lowest BCUT2D eigenvalue weighted by Gasteiger charge is -1.96. The molecule has 1 aromatic rings. The van der Waals surface area contributed by atoms with Gasteiger partial charge in [-0.2, -0.15) is 0 Å². The van der Waals surface area contributed by atoms with Crippen molar-refractivity contribution in [3.63, 3.8) is 0 Å². The van der Waals surface area contributed by atoms with Crippen LogP contribution in [0.25, 0.3) is 6.08 Å². The minimum absolute atomic E-state index is 0.178. The number of carbonyl (C=O) groups excluding carboxylic acids is 2. The molecule has 0 fully saturated rings. The number of hydrogen-bond donors (Lipinski definition) is 1. The van der Waals surface area contributed by atoms with Gasteiger partial charge < -0.3 is 10.5 Å². The van der Waals surface area contributed by atoms with Crippen LogP contribution in [0.1, 0.15) is 22.3 Å². The molecule has 84 valence electrons. The van der Waals surface area contributed by atoms with E-state index in [1.165, 1.54) is 13.3 Å². The Labute approximate surface area is 92.9 Å². The maximum absolute atomic E-state index is 10.9. The van der Waals surface area contributed by atoms with Crippen LogP contribution in [0.3, 0.4) is 0 Å². The van der Waals surface area contributed by atoms with Gasteiger partial charge in [0.05, 0.1) is 19.1 Å². The van der Waals surface area contributed by atoms with Gasteiger partial charge in [0.15, 0.2) is 0 Å². The molecule has 0 aliphatic heterocycles. The monoisotopic (exact) mass is 220 g/mol. The molecule has 0 saturated carbocycles. The van der Waals surface area contributed by atoms with E-state index in [9.17, 15) is 9.59 Å². The molecule has 1 heterocycles. The average Bonchev–Trinajstić information content (AvgIpc) is 2.29. The molecule has 0 radical (unpaired) electrons. The topological polar surface area (TPSA) is 82.3 Å². The number of hydrogen-bond acceptors (Lipinski definition) is 4. The minimum Gasteiger partial charge on any atom is -0.469 e. The van der Waals surface area contributed by atoms with Crippen molar-refractivity contribution in [2.24, 2.45) is 5.73 Å². The van der Waals surface area contributed by atoms with Gasteiger partial charge >= 0.3 is 5.97 Å². The molecule has 0 bridgehead atoms. The molecule has 16 heavy (non-hydrogen) atoms. The van der Waals surface area contributed by atoms with E-state index in [4.69, 9.17) is 5.73 Å². The molecule has 1 aromatic heterocycles. The van der Waals surface area contributed by atoms with Crippen LogP contribution in [0.15, 0.2) is 24.5 Å². The molecule has 1 rings (SSSR count). The number of pyridine rings is 1. The van der Waals surface area contributed by atoms with Crippen LogP contribution in [0, 0.1) is 0 Å². The first-order valence-electron chi connectivity index (χ1n) is 4.61. The number of primary amides is 1. The summed E-state index contributed by atoms with van der Waals surface area (Å²) in [6.07, 6.45) is 6.45. The van der Waals surface area contributed by atoms with Crippen molar-refractivity contribution in [1.29, 1.82) is 0 Å². The number of esters is 1. The van der Waals surface area contributed by atoms with Crippen molar-refractivity contribution in [2.45, 2.75) is 6.42 Å². The Bertz CT molecular complexity index is 427. The molecular weight excluding hydrogens is 208 g/mol. The van der Waals surface area contributed by atoms with Gasteiger partial charge in [-0.25, -0.2) is 0 Å². The minimum atomic E-state index is -0.532. The van der Waals surface area contributed by atoms with Crippen molar-refractivity contribution in [2.75, 3.05) is 7.11 Å². The van der Waals surface area contributed by atoms with Crippen LogP contribution in [0.4, 0.5) is 0 Å². The van der Waals surface area contributed by atoms with Gasteiger partial charge in [0.25, 0.3) is 0 Å². The summed E-state index contributed by atoms with van der Waals surface area (Å²) in [5.41, 5.74) is 6.15. The molecule has 5 nitrogen and oxygen atoms in total. The molecule has 5 heteroatoms. The Morgan fingerprint density at radius 2 is 2.25 bits per heavy atom. The quantitative estimate of drug-likeness (QED) is 0.759. The standard InChI is InChI=1S/C11H12N2O3/c1-16-10(14)4-2-3-8-5-9(11(12)15)7-13-6-8/h2-3,5-7H,4H2,1H3,(H2,12,15). The van der Waals surface area contributed by atoms with Gasteiger partial charge in [-0.3, -0.25) is 14.6 Å². The lowest BCUT2D eigenvalue weighted by molar-refractivity contribution is -0.139. The third-order valence-corrected chi connectivity index (χ3v) is 1.87. The lowest BCUT2D eigenvalue weighted by atomic mass is 10.2.